The smallest absolute Gasteiger partial charge is 0.239 e. The first kappa shape index (κ1) is 12.1. The molecule has 0 saturated carbocycles. The van der Waals surface area contributed by atoms with Crippen LogP contribution in [0.15, 0.2) is 34.9 Å². The van der Waals surface area contributed by atoms with Crippen molar-refractivity contribution in [2.24, 2.45) is 5.84 Å². The van der Waals surface area contributed by atoms with E-state index in [1.807, 2.05) is 6.07 Å². The Hall–Kier alpha value is -1.37. The molecule has 0 saturated heterocycles. The molecule has 2 rings (SSSR count). The van der Waals surface area contributed by atoms with Gasteiger partial charge < -0.3 is 5.32 Å². The summed E-state index contributed by atoms with van der Waals surface area (Å²) in [7, 11) is 0. The summed E-state index contributed by atoms with van der Waals surface area (Å²) < 4.78 is 0.891. The number of hydrazine groups is 1. The summed E-state index contributed by atoms with van der Waals surface area (Å²) in [5.74, 6) is 6.20. The molecule has 0 bridgehead atoms. The SMILES string of the molecule is NNc1nccc(Nc2cc(Cl)ccc2Br)n1. The second-order valence-corrected chi connectivity index (χ2v) is 4.45. The summed E-state index contributed by atoms with van der Waals surface area (Å²) in [4.78, 5) is 8.05. The second-order valence-electron chi connectivity index (χ2n) is 3.16. The normalized spacial score (nSPS) is 10.1. The van der Waals surface area contributed by atoms with Gasteiger partial charge in [-0.3, -0.25) is 5.43 Å². The third-order valence-corrected chi connectivity index (χ3v) is 2.90. The summed E-state index contributed by atoms with van der Waals surface area (Å²) in [6.45, 7) is 0. The Bertz CT molecular complexity index is 534. The molecule has 5 nitrogen and oxygen atoms in total. The van der Waals surface area contributed by atoms with Crippen LogP contribution in [0.4, 0.5) is 17.5 Å². The minimum absolute atomic E-state index is 0.341. The Kier molecular flexibility index (Phi) is 3.78. The van der Waals surface area contributed by atoms with Gasteiger partial charge in [-0.25, -0.2) is 10.8 Å². The zero-order valence-electron chi connectivity index (χ0n) is 8.61. The van der Waals surface area contributed by atoms with Crippen LogP contribution >= 0.6 is 27.5 Å². The van der Waals surface area contributed by atoms with Crippen LogP contribution in [-0.4, -0.2) is 9.97 Å². The van der Waals surface area contributed by atoms with Crippen LogP contribution in [0.5, 0.6) is 0 Å². The molecule has 0 radical (unpaired) electrons. The maximum Gasteiger partial charge on any atom is 0.239 e. The number of hydrogen-bond donors (Lipinski definition) is 3. The summed E-state index contributed by atoms with van der Waals surface area (Å²) >= 11 is 9.33. The van der Waals surface area contributed by atoms with Gasteiger partial charge in [0.2, 0.25) is 5.95 Å². The van der Waals surface area contributed by atoms with Crippen molar-refractivity contribution in [2.45, 2.75) is 0 Å². The van der Waals surface area contributed by atoms with Gasteiger partial charge in [0.15, 0.2) is 0 Å². The van der Waals surface area contributed by atoms with Gasteiger partial charge in [-0.2, -0.15) is 4.98 Å². The Labute approximate surface area is 112 Å². The highest BCUT2D eigenvalue weighted by atomic mass is 79.9. The average molecular weight is 315 g/mol. The first-order chi connectivity index (χ1) is 8.19. The summed E-state index contributed by atoms with van der Waals surface area (Å²) in [6.07, 6.45) is 1.60. The van der Waals surface area contributed by atoms with Crippen molar-refractivity contribution in [3.05, 3.63) is 40.0 Å². The molecule has 0 amide bonds. The van der Waals surface area contributed by atoms with E-state index in [1.165, 1.54) is 0 Å². The number of aromatic nitrogens is 2. The van der Waals surface area contributed by atoms with E-state index in [9.17, 15) is 0 Å². The fraction of sp³-hybridized carbons (Fsp3) is 0. The standard InChI is InChI=1S/C10H9BrClN5/c11-7-2-1-6(12)5-8(7)15-9-3-4-14-10(16-9)17-13/h1-5H,13H2,(H2,14,15,16,17). The lowest BCUT2D eigenvalue weighted by Gasteiger charge is -2.08. The van der Waals surface area contributed by atoms with E-state index in [2.05, 4.69) is 36.6 Å². The minimum atomic E-state index is 0.341. The number of anilines is 3. The molecule has 1 aromatic carbocycles. The van der Waals surface area contributed by atoms with Crippen LogP contribution in [0.3, 0.4) is 0 Å². The van der Waals surface area contributed by atoms with E-state index in [-0.39, 0.29) is 0 Å². The molecule has 0 atom stereocenters. The van der Waals surface area contributed by atoms with Crippen molar-refractivity contribution in [2.75, 3.05) is 10.7 Å². The Morgan fingerprint density at radius 1 is 1.29 bits per heavy atom. The lowest BCUT2D eigenvalue weighted by molar-refractivity contribution is 1.12. The van der Waals surface area contributed by atoms with Gasteiger partial charge in [0, 0.05) is 15.7 Å². The van der Waals surface area contributed by atoms with Gasteiger partial charge in [-0.05, 0) is 40.2 Å². The third kappa shape index (κ3) is 3.06. The molecule has 17 heavy (non-hydrogen) atoms. The van der Waals surface area contributed by atoms with Crippen LogP contribution in [0.25, 0.3) is 0 Å². The molecule has 0 fully saturated rings. The van der Waals surface area contributed by atoms with Crippen molar-refractivity contribution in [1.82, 2.24) is 9.97 Å². The second kappa shape index (κ2) is 5.31. The van der Waals surface area contributed by atoms with E-state index >= 15 is 0 Å². The Balaban J connectivity index is 2.27. The van der Waals surface area contributed by atoms with Crippen molar-refractivity contribution < 1.29 is 0 Å². The van der Waals surface area contributed by atoms with Gasteiger partial charge in [-0.15, -0.1) is 0 Å². The number of nitrogens with two attached hydrogens (primary N) is 1. The maximum absolute atomic E-state index is 5.92. The van der Waals surface area contributed by atoms with Crippen molar-refractivity contribution in [3.8, 4) is 0 Å². The zero-order valence-corrected chi connectivity index (χ0v) is 11.0. The lowest BCUT2D eigenvalue weighted by Crippen LogP contribution is -2.10. The number of nitrogens with zero attached hydrogens (tertiary/aromatic N) is 2. The largest absolute Gasteiger partial charge is 0.339 e. The molecule has 0 aliphatic heterocycles. The van der Waals surface area contributed by atoms with Crippen molar-refractivity contribution >= 4 is 45.0 Å². The van der Waals surface area contributed by atoms with Crippen LogP contribution in [-0.2, 0) is 0 Å². The van der Waals surface area contributed by atoms with Gasteiger partial charge in [-0.1, -0.05) is 11.6 Å². The van der Waals surface area contributed by atoms with Gasteiger partial charge >= 0.3 is 0 Å². The van der Waals surface area contributed by atoms with Crippen molar-refractivity contribution in [3.63, 3.8) is 0 Å². The number of nitrogen functional groups attached to an aromatic ring is 1. The monoisotopic (exact) mass is 313 g/mol. The summed E-state index contributed by atoms with van der Waals surface area (Å²) in [6, 6.07) is 7.18. The van der Waals surface area contributed by atoms with Gasteiger partial charge in [0.25, 0.3) is 0 Å². The van der Waals surface area contributed by atoms with E-state index < -0.39 is 0 Å². The lowest BCUT2D eigenvalue weighted by atomic mass is 10.3. The van der Waals surface area contributed by atoms with E-state index in [4.69, 9.17) is 17.4 Å². The summed E-state index contributed by atoms with van der Waals surface area (Å²) in [5.41, 5.74) is 3.20. The van der Waals surface area contributed by atoms with E-state index in [0.29, 0.717) is 16.8 Å². The van der Waals surface area contributed by atoms with Crippen LogP contribution in [0.2, 0.25) is 5.02 Å². The molecule has 4 N–H and O–H groups in total. The summed E-state index contributed by atoms with van der Waals surface area (Å²) in [5, 5.41) is 3.75. The zero-order chi connectivity index (χ0) is 12.3. The molecule has 2 aromatic rings. The molecular weight excluding hydrogens is 306 g/mol. The predicted octanol–water partition coefficient (Wildman–Crippen LogP) is 2.92. The molecule has 0 spiro atoms. The highest BCUT2D eigenvalue weighted by Crippen LogP contribution is 2.28. The van der Waals surface area contributed by atoms with Gasteiger partial charge in [0.05, 0.1) is 5.69 Å². The molecule has 1 aromatic heterocycles. The fourth-order valence-electron chi connectivity index (χ4n) is 1.23. The quantitative estimate of drug-likeness (QED) is 0.600. The number of halogens is 2. The molecule has 7 heteroatoms. The minimum Gasteiger partial charge on any atom is -0.339 e. The van der Waals surface area contributed by atoms with E-state index in [0.717, 1.165) is 10.2 Å². The van der Waals surface area contributed by atoms with E-state index in [1.54, 1.807) is 24.4 Å². The van der Waals surface area contributed by atoms with Crippen LogP contribution in [0, 0.1) is 0 Å². The number of nitrogens with one attached hydrogen (secondary N) is 2. The molecule has 1 heterocycles. The molecule has 0 aliphatic carbocycles. The Morgan fingerprint density at radius 2 is 2.12 bits per heavy atom. The highest BCUT2D eigenvalue weighted by molar-refractivity contribution is 9.10. The number of rotatable bonds is 3. The van der Waals surface area contributed by atoms with Crippen LogP contribution in [0.1, 0.15) is 0 Å². The number of hydrogen-bond acceptors (Lipinski definition) is 5. The van der Waals surface area contributed by atoms with Gasteiger partial charge in [0.1, 0.15) is 5.82 Å². The Morgan fingerprint density at radius 3 is 2.88 bits per heavy atom. The van der Waals surface area contributed by atoms with Crippen LogP contribution < -0.4 is 16.6 Å². The first-order valence-electron chi connectivity index (χ1n) is 4.71. The molecule has 0 unspecified atom stereocenters. The average Bonchev–Trinajstić information content (AvgIpc) is 2.34. The molecule has 0 aliphatic rings. The topological polar surface area (TPSA) is 75.9 Å². The first-order valence-corrected chi connectivity index (χ1v) is 5.88. The number of benzene rings is 1. The molecular formula is C10H9BrClN5. The highest BCUT2D eigenvalue weighted by Gasteiger charge is 2.03. The maximum atomic E-state index is 5.92. The predicted molar refractivity (Wildman–Crippen MR) is 72.3 cm³/mol. The molecule has 88 valence electrons. The fourth-order valence-corrected chi connectivity index (χ4v) is 1.75. The van der Waals surface area contributed by atoms with Crippen molar-refractivity contribution in [1.29, 1.82) is 0 Å². The third-order valence-electron chi connectivity index (χ3n) is 1.98.